The maximum absolute atomic E-state index is 10.7. The lowest BCUT2D eigenvalue weighted by molar-refractivity contribution is -0.136. The van der Waals surface area contributed by atoms with E-state index in [0.717, 1.165) is 22.1 Å². The summed E-state index contributed by atoms with van der Waals surface area (Å²) in [4.78, 5) is 15.1. The average molecular weight is 283 g/mol. The lowest BCUT2D eigenvalue weighted by Crippen LogP contribution is -2.08. The molecule has 0 aliphatic carbocycles. The third-order valence-electron chi connectivity index (χ3n) is 2.41. The fourth-order valence-electron chi connectivity index (χ4n) is 1.78. The number of nitrogens with zero attached hydrogens (tertiary/aromatic N) is 2. The first kappa shape index (κ1) is 11.1. The predicted octanol–water partition coefficient (Wildman–Crippen LogP) is 2.45. The van der Waals surface area contributed by atoms with Crippen molar-refractivity contribution in [1.29, 1.82) is 0 Å². The van der Waals surface area contributed by atoms with Crippen molar-refractivity contribution in [2.45, 2.75) is 19.9 Å². The molecule has 4 nitrogen and oxygen atoms in total. The van der Waals surface area contributed by atoms with Crippen LogP contribution in [0.1, 0.15) is 12.7 Å². The molecule has 1 aromatic heterocycles. The summed E-state index contributed by atoms with van der Waals surface area (Å²) in [6.45, 7) is 2.70. The summed E-state index contributed by atoms with van der Waals surface area (Å²) in [5.41, 5.74) is 1.80. The van der Waals surface area contributed by atoms with Crippen LogP contribution in [0.25, 0.3) is 11.0 Å². The van der Waals surface area contributed by atoms with E-state index in [4.69, 9.17) is 5.11 Å². The molecule has 0 atom stereocenters. The van der Waals surface area contributed by atoms with Gasteiger partial charge in [0.1, 0.15) is 12.2 Å². The molecule has 84 valence electrons. The quantitative estimate of drug-likeness (QED) is 0.941. The van der Waals surface area contributed by atoms with Gasteiger partial charge in [-0.1, -0.05) is 15.9 Å². The number of carboxylic acid groups (broad SMARTS) is 1. The molecule has 0 bridgehead atoms. The summed E-state index contributed by atoms with van der Waals surface area (Å²) in [5, 5.41) is 8.80. The summed E-state index contributed by atoms with van der Waals surface area (Å²) in [6, 6.07) is 5.77. The Hall–Kier alpha value is -1.36. The number of hydrogen-bond donors (Lipinski definition) is 1. The molecular weight excluding hydrogens is 272 g/mol. The lowest BCUT2D eigenvalue weighted by Gasteiger charge is -2.03. The monoisotopic (exact) mass is 282 g/mol. The average Bonchev–Trinajstić information content (AvgIpc) is 2.52. The number of carbonyl (C=O) groups is 1. The van der Waals surface area contributed by atoms with Gasteiger partial charge in [-0.2, -0.15) is 0 Å². The van der Waals surface area contributed by atoms with Crippen LogP contribution in [-0.2, 0) is 17.8 Å². The van der Waals surface area contributed by atoms with Gasteiger partial charge < -0.3 is 9.67 Å². The van der Waals surface area contributed by atoms with Gasteiger partial charge in [-0.25, -0.2) is 4.98 Å². The Morgan fingerprint density at radius 1 is 1.56 bits per heavy atom. The molecular formula is C11H11BrN2O2. The van der Waals surface area contributed by atoms with E-state index in [1.165, 1.54) is 0 Å². The van der Waals surface area contributed by atoms with Gasteiger partial charge in [-0.05, 0) is 25.1 Å². The number of rotatable bonds is 3. The van der Waals surface area contributed by atoms with Crippen molar-refractivity contribution in [2.24, 2.45) is 0 Å². The number of aryl methyl sites for hydroxylation is 1. The Labute approximate surface area is 101 Å². The molecule has 1 heterocycles. The van der Waals surface area contributed by atoms with Crippen molar-refractivity contribution >= 4 is 32.9 Å². The van der Waals surface area contributed by atoms with E-state index < -0.39 is 5.97 Å². The van der Waals surface area contributed by atoms with E-state index in [-0.39, 0.29) is 6.42 Å². The minimum absolute atomic E-state index is 0.0415. The van der Waals surface area contributed by atoms with Crippen LogP contribution in [-0.4, -0.2) is 20.6 Å². The molecule has 16 heavy (non-hydrogen) atoms. The summed E-state index contributed by atoms with van der Waals surface area (Å²) in [5.74, 6) is -0.257. The number of halogens is 1. The molecule has 0 saturated carbocycles. The van der Waals surface area contributed by atoms with Crippen molar-refractivity contribution in [3.05, 3.63) is 28.5 Å². The van der Waals surface area contributed by atoms with Crippen LogP contribution in [0.15, 0.2) is 22.7 Å². The number of carboxylic acids is 1. The molecule has 2 rings (SSSR count). The van der Waals surface area contributed by atoms with E-state index in [9.17, 15) is 4.79 Å². The van der Waals surface area contributed by atoms with Gasteiger partial charge in [-0.3, -0.25) is 4.79 Å². The van der Waals surface area contributed by atoms with Crippen molar-refractivity contribution in [3.8, 4) is 0 Å². The second-order valence-electron chi connectivity index (χ2n) is 3.48. The Kier molecular flexibility index (Phi) is 2.96. The molecule has 0 radical (unpaired) electrons. The highest BCUT2D eigenvalue weighted by atomic mass is 79.9. The van der Waals surface area contributed by atoms with E-state index in [1.54, 1.807) is 0 Å². The maximum atomic E-state index is 10.7. The largest absolute Gasteiger partial charge is 0.481 e. The molecule has 0 unspecified atom stereocenters. The van der Waals surface area contributed by atoms with Crippen LogP contribution in [0.5, 0.6) is 0 Å². The highest BCUT2D eigenvalue weighted by Gasteiger charge is 2.12. The number of aliphatic carboxylic acids is 1. The predicted molar refractivity (Wildman–Crippen MR) is 64.4 cm³/mol. The van der Waals surface area contributed by atoms with Gasteiger partial charge in [0.2, 0.25) is 0 Å². The van der Waals surface area contributed by atoms with Crippen LogP contribution in [0.2, 0.25) is 0 Å². The molecule has 5 heteroatoms. The Bertz CT molecular complexity index is 548. The minimum atomic E-state index is -0.857. The van der Waals surface area contributed by atoms with Gasteiger partial charge in [-0.15, -0.1) is 0 Å². The molecule has 0 saturated heterocycles. The topological polar surface area (TPSA) is 55.1 Å². The SMILES string of the molecule is CCn1c(CC(=O)O)nc2cc(Br)ccc21. The first-order chi connectivity index (χ1) is 7.61. The van der Waals surface area contributed by atoms with Gasteiger partial charge >= 0.3 is 5.97 Å². The van der Waals surface area contributed by atoms with E-state index in [2.05, 4.69) is 20.9 Å². The Morgan fingerprint density at radius 3 is 2.94 bits per heavy atom. The molecule has 1 N–H and O–H groups in total. The normalized spacial score (nSPS) is 10.9. The second kappa shape index (κ2) is 4.25. The van der Waals surface area contributed by atoms with Gasteiger partial charge in [0, 0.05) is 11.0 Å². The standard InChI is InChI=1S/C11H11BrN2O2/c1-2-14-9-4-3-7(12)5-8(9)13-10(14)6-11(15)16/h3-5H,2,6H2,1H3,(H,15,16). The Balaban J connectivity index is 2.61. The molecule has 0 aliphatic heterocycles. The van der Waals surface area contributed by atoms with Crippen LogP contribution in [0.4, 0.5) is 0 Å². The summed E-state index contributed by atoms with van der Waals surface area (Å²) in [6.07, 6.45) is -0.0415. The molecule has 1 aromatic carbocycles. The number of imidazole rings is 1. The fourth-order valence-corrected chi connectivity index (χ4v) is 2.12. The smallest absolute Gasteiger partial charge is 0.311 e. The van der Waals surface area contributed by atoms with Crippen molar-refractivity contribution < 1.29 is 9.90 Å². The first-order valence-electron chi connectivity index (χ1n) is 4.98. The van der Waals surface area contributed by atoms with Gasteiger partial charge in [0.25, 0.3) is 0 Å². The number of benzene rings is 1. The fraction of sp³-hybridized carbons (Fsp3) is 0.273. The van der Waals surface area contributed by atoms with Crippen LogP contribution >= 0.6 is 15.9 Å². The van der Waals surface area contributed by atoms with Crippen molar-refractivity contribution in [1.82, 2.24) is 9.55 Å². The van der Waals surface area contributed by atoms with Crippen LogP contribution in [0.3, 0.4) is 0 Å². The highest BCUT2D eigenvalue weighted by molar-refractivity contribution is 9.10. The zero-order valence-electron chi connectivity index (χ0n) is 8.77. The lowest BCUT2D eigenvalue weighted by atomic mass is 10.3. The second-order valence-corrected chi connectivity index (χ2v) is 4.39. The molecule has 2 aromatic rings. The number of hydrogen-bond acceptors (Lipinski definition) is 2. The summed E-state index contributed by atoms with van der Waals surface area (Å²) in [7, 11) is 0. The zero-order chi connectivity index (χ0) is 11.7. The third kappa shape index (κ3) is 1.95. The van der Waals surface area contributed by atoms with Gasteiger partial charge in [0.15, 0.2) is 0 Å². The molecule has 0 fully saturated rings. The zero-order valence-corrected chi connectivity index (χ0v) is 10.4. The van der Waals surface area contributed by atoms with Crippen molar-refractivity contribution in [3.63, 3.8) is 0 Å². The summed E-state index contributed by atoms with van der Waals surface area (Å²) >= 11 is 3.37. The van der Waals surface area contributed by atoms with Gasteiger partial charge in [0.05, 0.1) is 11.0 Å². The maximum Gasteiger partial charge on any atom is 0.311 e. The van der Waals surface area contributed by atoms with Crippen molar-refractivity contribution in [2.75, 3.05) is 0 Å². The van der Waals surface area contributed by atoms with E-state index in [0.29, 0.717) is 5.82 Å². The molecule has 0 aliphatic rings. The summed E-state index contributed by atoms with van der Waals surface area (Å²) < 4.78 is 2.87. The number of aromatic nitrogens is 2. The van der Waals surface area contributed by atoms with Crippen LogP contribution < -0.4 is 0 Å². The highest BCUT2D eigenvalue weighted by Crippen LogP contribution is 2.21. The number of fused-ring (bicyclic) bond motifs is 1. The third-order valence-corrected chi connectivity index (χ3v) is 2.91. The van der Waals surface area contributed by atoms with Crippen LogP contribution in [0, 0.1) is 0 Å². The van der Waals surface area contributed by atoms with E-state index >= 15 is 0 Å². The van der Waals surface area contributed by atoms with E-state index in [1.807, 2.05) is 29.7 Å². The first-order valence-corrected chi connectivity index (χ1v) is 5.77. The minimum Gasteiger partial charge on any atom is -0.481 e. The Morgan fingerprint density at radius 2 is 2.31 bits per heavy atom. The molecule has 0 amide bonds. The molecule has 0 spiro atoms.